The fraction of sp³-hybridized carbons (Fsp3) is 0.120. The molecule has 0 spiro atoms. The molecule has 0 saturated carbocycles. The Morgan fingerprint density at radius 3 is 2.21 bits per heavy atom. The summed E-state index contributed by atoms with van der Waals surface area (Å²) < 4.78 is 66.1. The van der Waals surface area contributed by atoms with Crippen LogP contribution < -0.4 is 0 Å². The molecule has 3 aromatic carbocycles. The highest BCUT2D eigenvalue weighted by Crippen LogP contribution is 2.37. The van der Waals surface area contributed by atoms with Gasteiger partial charge in [0.05, 0.1) is 10.5 Å². The number of hydrogen-bond acceptors (Lipinski definition) is 4. The largest absolute Gasteiger partial charge is 0.417 e. The Kier molecular flexibility index (Phi) is 5.91. The Balaban J connectivity index is 1.82. The van der Waals surface area contributed by atoms with Gasteiger partial charge in [-0.15, -0.1) is 0 Å². The van der Waals surface area contributed by atoms with Crippen molar-refractivity contribution >= 4 is 15.6 Å². The number of carbonyl (C=O) groups excluding carboxylic acids is 1. The molecule has 4 aromatic rings. The second kappa shape index (κ2) is 8.57. The van der Waals surface area contributed by atoms with Crippen LogP contribution in [0.5, 0.6) is 0 Å². The molecule has 174 valence electrons. The minimum Gasteiger partial charge on any atom is -0.299 e. The lowest BCUT2D eigenvalue weighted by Crippen LogP contribution is -2.09. The Labute approximate surface area is 194 Å². The van der Waals surface area contributed by atoms with Crippen molar-refractivity contribution in [2.75, 3.05) is 6.26 Å². The molecule has 5 nitrogen and oxygen atoms in total. The van der Waals surface area contributed by atoms with E-state index in [-0.39, 0.29) is 27.8 Å². The molecule has 0 saturated heterocycles. The van der Waals surface area contributed by atoms with Gasteiger partial charge in [-0.1, -0.05) is 42.5 Å². The molecular weight excluding hydrogens is 465 g/mol. The average molecular weight is 484 g/mol. The zero-order valence-corrected chi connectivity index (χ0v) is 19.0. The van der Waals surface area contributed by atoms with Gasteiger partial charge in [-0.05, 0) is 41.5 Å². The molecule has 9 heteroatoms. The zero-order chi connectivity index (χ0) is 24.7. The lowest BCUT2D eigenvalue weighted by atomic mass is 10.0. The summed E-state index contributed by atoms with van der Waals surface area (Å²) in [6.45, 7) is 1.30. The molecule has 0 aliphatic heterocycles. The number of halogens is 3. The normalized spacial score (nSPS) is 12.0. The van der Waals surface area contributed by atoms with Gasteiger partial charge in [-0.2, -0.15) is 13.2 Å². The highest BCUT2D eigenvalue weighted by atomic mass is 32.2. The van der Waals surface area contributed by atoms with Gasteiger partial charge in [0.1, 0.15) is 11.5 Å². The second-order valence-electron chi connectivity index (χ2n) is 7.77. The van der Waals surface area contributed by atoms with E-state index in [2.05, 4.69) is 4.98 Å². The van der Waals surface area contributed by atoms with Crippen LogP contribution in [0.15, 0.2) is 83.9 Å². The summed E-state index contributed by atoms with van der Waals surface area (Å²) in [5, 5.41) is 0. The molecule has 0 amide bonds. The van der Waals surface area contributed by atoms with Crippen LogP contribution in [-0.4, -0.2) is 30.0 Å². The van der Waals surface area contributed by atoms with Crippen LogP contribution in [-0.2, 0) is 16.0 Å². The first-order valence-electron chi connectivity index (χ1n) is 10.1. The van der Waals surface area contributed by atoms with Crippen molar-refractivity contribution in [3.8, 4) is 28.2 Å². The second-order valence-corrected chi connectivity index (χ2v) is 9.78. The molecule has 1 aromatic heterocycles. The maximum absolute atomic E-state index is 13.6. The third-order valence-corrected chi connectivity index (χ3v) is 6.39. The monoisotopic (exact) mass is 484 g/mol. The molecule has 34 heavy (non-hydrogen) atoms. The van der Waals surface area contributed by atoms with E-state index in [0.717, 1.165) is 17.9 Å². The summed E-state index contributed by atoms with van der Waals surface area (Å²) in [6, 6.07) is 18.3. The summed E-state index contributed by atoms with van der Waals surface area (Å²) in [4.78, 5) is 16.3. The maximum atomic E-state index is 13.6. The van der Waals surface area contributed by atoms with E-state index in [9.17, 15) is 26.4 Å². The van der Waals surface area contributed by atoms with Crippen LogP contribution in [0.4, 0.5) is 13.2 Å². The van der Waals surface area contributed by atoms with Crippen molar-refractivity contribution in [2.24, 2.45) is 0 Å². The van der Waals surface area contributed by atoms with Crippen LogP contribution in [0.1, 0.15) is 23.0 Å². The third kappa shape index (κ3) is 4.65. The highest BCUT2D eigenvalue weighted by Gasteiger charge is 2.34. The fourth-order valence-electron chi connectivity index (χ4n) is 3.58. The van der Waals surface area contributed by atoms with Crippen molar-refractivity contribution in [1.29, 1.82) is 0 Å². The van der Waals surface area contributed by atoms with Gasteiger partial charge >= 0.3 is 6.18 Å². The lowest BCUT2D eigenvalue weighted by molar-refractivity contribution is -0.137. The quantitative estimate of drug-likeness (QED) is 0.334. The number of imidazole rings is 1. The first kappa shape index (κ1) is 23.4. The standard InChI is InChI=1S/C25H19F3N2O3S/c1-16(31)23-15-30(24(29-23)21-8-3-4-9-22(21)25(26,27)28)19-12-10-17(11-13-19)18-6-5-7-20(14-18)34(2,32)33/h3-15H,1-2H3. The molecule has 0 N–H and O–H groups in total. The predicted octanol–water partition coefficient (Wildman–Crippen LogP) is 5.83. The van der Waals surface area contributed by atoms with Gasteiger partial charge in [0.25, 0.3) is 0 Å². The van der Waals surface area contributed by atoms with E-state index in [1.807, 2.05) is 0 Å². The van der Waals surface area contributed by atoms with Gasteiger partial charge in [0.15, 0.2) is 15.6 Å². The maximum Gasteiger partial charge on any atom is 0.417 e. The summed E-state index contributed by atoms with van der Waals surface area (Å²) in [5.74, 6) is -0.386. The molecule has 0 bridgehead atoms. The minimum atomic E-state index is -4.60. The van der Waals surface area contributed by atoms with Gasteiger partial charge in [0.2, 0.25) is 0 Å². The SMILES string of the molecule is CC(=O)c1cn(-c2ccc(-c3cccc(S(C)(=O)=O)c3)cc2)c(-c2ccccc2C(F)(F)F)n1. The number of carbonyl (C=O) groups is 1. The predicted molar refractivity (Wildman–Crippen MR) is 123 cm³/mol. The van der Waals surface area contributed by atoms with Gasteiger partial charge in [-0.3, -0.25) is 9.36 Å². The topological polar surface area (TPSA) is 69.0 Å². The Morgan fingerprint density at radius 2 is 1.59 bits per heavy atom. The Hall–Kier alpha value is -3.72. The number of benzene rings is 3. The smallest absolute Gasteiger partial charge is 0.299 e. The number of ketones is 1. The number of Topliss-reactive ketones (excluding diaryl/α,β-unsaturated/α-hetero) is 1. The number of rotatable bonds is 5. The van der Waals surface area contributed by atoms with Gasteiger partial charge in [-0.25, -0.2) is 13.4 Å². The van der Waals surface area contributed by atoms with Crippen LogP contribution in [0.2, 0.25) is 0 Å². The molecule has 1 heterocycles. The Bertz CT molecular complexity index is 1490. The van der Waals surface area contributed by atoms with E-state index in [1.54, 1.807) is 42.5 Å². The number of nitrogens with zero attached hydrogens (tertiary/aromatic N) is 2. The van der Waals surface area contributed by atoms with Crippen LogP contribution in [0, 0.1) is 0 Å². The number of hydrogen-bond donors (Lipinski definition) is 0. The molecule has 0 fully saturated rings. The summed E-state index contributed by atoms with van der Waals surface area (Å²) in [7, 11) is -3.38. The number of aromatic nitrogens is 2. The molecular formula is C25H19F3N2O3S. The first-order chi connectivity index (χ1) is 15.9. The molecule has 4 rings (SSSR count). The lowest BCUT2D eigenvalue weighted by Gasteiger charge is -2.14. The van der Waals surface area contributed by atoms with Crippen LogP contribution in [0.3, 0.4) is 0 Å². The van der Waals surface area contributed by atoms with Crippen molar-refractivity contribution in [3.05, 3.63) is 90.3 Å². The molecule has 0 aliphatic rings. The van der Waals surface area contributed by atoms with Crippen molar-refractivity contribution < 1.29 is 26.4 Å². The van der Waals surface area contributed by atoms with Gasteiger partial charge in [0, 0.05) is 30.6 Å². The van der Waals surface area contributed by atoms with Gasteiger partial charge < -0.3 is 0 Å². The van der Waals surface area contributed by atoms with E-state index < -0.39 is 21.6 Å². The van der Waals surface area contributed by atoms with E-state index in [4.69, 9.17) is 0 Å². The molecule has 0 unspecified atom stereocenters. The molecule has 0 atom stereocenters. The van der Waals surface area contributed by atoms with Crippen molar-refractivity contribution in [2.45, 2.75) is 18.0 Å². The Morgan fingerprint density at radius 1 is 0.912 bits per heavy atom. The number of alkyl halides is 3. The van der Waals surface area contributed by atoms with E-state index >= 15 is 0 Å². The fourth-order valence-corrected chi connectivity index (χ4v) is 4.25. The van der Waals surface area contributed by atoms with Crippen LogP contribution >= 0.6 is 0 Å². The summed E-state index contributed by atoms with van der Waals surface area (Å²) >= 11 is 0. The minimum absolute atomic E-state index is 0.00931. The summed E-state index contributed by atoms with van der Waals surface area (Å²) in [6.07, 6.45) is -2.07. The first-order valence-corrected chi connectivity index (χ1v) is 12.0. The van der Waals surface area contributed by atoms with Crippen molar-refractivity contribution in [1.82, 2.24) is 9.55 Å². The van der Waals surface area contributed by atoms with E-state index in [1.165, 1.54) is 42.0 Å². The number of sulfone groups is 1. The molecule has 0 radical (unpaired) electrons. The molecule has 0 aliphatic carbocycles. The third-order valence-electron chi connectivity index (χ3n) is 5.28. The van der Waals surface area contributed by atoms with Crippen LogP contribution in [0.25, 0.3) is 28.2 Å². The van der Waals surface area contributed by atoms with E-state index in [0.29, 0.717) is 11.3 Å². The highest BCUT2D eigenvalue weighted by molar-refractivity contribution is 7.90. The van der Waals surface area contributed by atoms with Crippen molar-refractivity contribution in [3.63, 3.8) is 0 Å². The summed E-state index contributed by atoms with van der Waals surface area (Å²) in [5.41, 5.74) is 0.927. The average Bonchev–Trinajstić information content (AvgIpc) is 3.24. The zero-order valence-electron chi connectivity index (χ0n) is 18.2.